The fourth-order valence-corrected chi connectivity index (χ4v) is 8.80. The van der Waals surface area contributed by atoms with Crippen LogP contribution in [0.25, 0.3) is 0 Å². The van der Waals surface area contributed by atoms with Crippen molar-refractivity contribution < 1.29 is 28.6 Å². The van der Waals surface area contributed by atoms with E-state index in [2.05, 4.69) is 142 Å². The summed E-state index contributed by atoms with van der Waals surface area (Å²) in [5, 5.41) is 0. The van der Waals surface area contributed by atoms with E-state index in [1.165, 1.54) is 128 Å². The van der Waals surface area contributed by atoms with Gasteiger partial charge in [-0.15, -0.1) is 0 Å². The van der Waals surface area contributed by atoms with Crippen LogP contribution in [0.5, 0.6) is 0 Å². The number of allylic oxidation sites excluding steroid dienone is 20. The third-order valence-corrected chi connectivity index (χ3v) is 13.7. The highest BCUT2D eigenvalue weighted by Gasteiger charge is 2.19. The lowest BCUT2D eigenvalue weighted by Crippen LogP contribution is -2.30. The summed E-state index contributed by atoms with van der Waals surface area (Å²) in [5.41, 5.74) is 0. The van der Waals surface area contributed by atoms with Gasteiger partial charge in [0.05, 0.1) is 0 Å². The zero-order valence-corrected chi connectivity index (χ0v) is 50.9. The van der Waals surface area contributed by atoms with Crippen LogP contribution in [0.1, 0.15) is 297 Å². The number of carbonyl (C=O) groups excluding carboxylic acids is 3. The van der Waals surface area contributed by atoms with E-state index in [-0.39, 0.29) is 31.1 Å². The molecule has 0 aliphatic heterocycles. The minimum absolute atomic E-state index is 0.0897. The molecule has 0 saturated carbocycles. The summed E-state index contributed by atoms with van der Waals surface area (Å²) >= 11 is 0. The van der Waals surface area contributed by atoms with Crippen LogP contribution in [0.3, 0.4) is 0 Å². The molecule has 1 atom stereocenters. The fraction of sp³-hybridized carbons (Fsp3) is 0.681. The van der Waals surface area contributed by atoms with Gasteiger partial charge in [0.1, 0.15) is 13.2 Å². The molecular formula is C72H120O6. The van der Waals surface area contributed by atoms with Crippen molar-refractivity contribution in [2.45, 2.75) is 303 Å². The SMILES string of the molecule is CC/C=C\C/C=C\C/C=C\C/C=C\C/C=C\C/C=C\CCCCCCCCCCCCC(=O)OCC(COC(=O)CCCCCCC/C=C\CCCCC)OC(=O)CCCCCCCC/C=C\C/C=C\C/C=C\CCCCC. The van der Waals surface area contributed by atoms with Gasteiger partial charge in [-0.05, 0) is 135 Å². The molecule has 0 amide bonds. The molecule has 0 radical (unpaired) electrons. The average molecular weight is 1080 g/mol. The predicted molar refractivity (Wildman–Crippen MR) is 339 cm³/mol. The molecule has 0 heterocycles. The van der Waals surface area contributed by atoms with Crippen molar-refractivity contribution in [1.82, 2.24) is 0 Å². The van der Waals surface area contributed by atoms with Crippen LogP contribution in [0, 0.1) is 0 Å². The Bertz CT molecular complexity index is 1620. The fourth-order valence-electron chi connectivity index (χ4n) is 8.80. The maximum Gasteiger partial charge on any atom is 0.306 e. The van der Waals surface area contributed by atoms with Gasteiger partial charge < -0.3 is 14.2 Å². The molecule has 0 aromatic carbocycles. The quantitative estimate of drug-likeness (QED) is 0.0261. The Hall–Kier alpha value is -4.19. The first-order valence-electron chi connectivity index (χ1n) is 32.5. The monoisotopic (exact) mass is 1080 g/mol. The van der Waals surface area contributed by atoms with Gasteiger partial charge in [0, 0.05) is 19.3 Å². The van der Waals surface area contributed by atoms with Gasteiger partial charge in [0.25, 0.3) is 0 Å². The molecule has 1 unspecified atom stereocenters. The van der Waals surface area contributed by atoms with Crippen molar-refractivity contribution in [1.29, 1.82) is 0 Å². The average Bonchev–Trinajstić information content (AvgIpc) is 3.44. The van der Waals surface area contributed by atoms with Crippen molar-refractivity contribution in [3.63, 3.8) is 0 Å². The molecule has 0 spiro atoms. The summed E-state index contributed by atoms with van der Waals surface area (Å²) in [6, 6.07) is 0. The highest BCUT2D eigenvalue weighted by atomic mass is 16.6. The van der Waals surface area contributed by atoms with Gasteiger partial charge in [-0.2, -0.15) is 0 Å². The van der Waals surface area contributed by atoms with Crippen LogP contribution in [0.15, 0.2) is 122 Å². The highest BCUT2D eigenvalue weighted by molar-refractivity contribution is 5.71. The Morgan fingerprint density at radius 3 is 0.795 bits per heavy atom. The third-order valence-electron chi connectivity index (χ3n) is 13.7. The van der Waals surface area contributed by atoms with E-state index in [1.54, 1.807) is 0 Å². The summed E-state index contributed by atoms with van der Waals surface area (Å²) in [6.45, 7) is 6.47. The number of rotatable bonds is 58. The van der Waals surface area contributed by atoms with E-state index < -0.39 is 6.10 Å². The third kappa shape index (κ3) is 62.7. The van der Waals surface area contributed by atoms with Crippen molar-refractivity contribution >= 4 is 17.9 Å². The first-order chi connectivity index (χ1) is 38.5. The van der Waals surface area contributed by atoms with E-state index in [1.807, 2.05) is 0 Å². The van der Waals surface area contributed by atoms with Crippen LogP contribution in [0.4, 0.5) is 0 Å². The Morgan fingerprint density at radius 2 is 0.500 bits per heavy atom. The Balaban J connectivity index is 4.31. The second-order valence-electron chi connectivity index (χ2n) is 21.3. The lowest BCUT2D eigenvalue weighted by molar-refractivity contribution is -0.167. The predicted octanol–water partition coefficient (Wildman–Crippen LogP) is 22.4. The standard InChI is InChI=1S/C72H120O6/c1-4-7-10-13-16-19-22-25-27-29-31-32-33-34-35-36-37-38-39-40-42-43-45-47-50-53-56-59-62-65-71(74)77-68-69(67-76-70(73)64-61-58-55-52-49-24-21-18-15-12-9-6-3)78-72(75)66-63-60-57-54-51-48-46-44-41-30-28-26-23-20-17-14-11-8-5-2/h7,10,16-21,25-28,31-32,34-35,37-38,41,44,69H,4-6,8-9,11-15,22-24,29-30,33,36,39-40,42-43,45-68H2,1-3H3/b10-7-,19-16-,20-17-,21-18-,27-25-,28-26-,32-31-,35-34-,38-37-,44-41-. The highest BCUT2D eigenvalue weighted by Crippen LogP contribution is 2.15. The Labute approximate surface area is 482 Å². The first kappa shape index (κ1) is 73.8. The van der Waals surface area contributed by atoms with Crippen LogP contribution < -0.4 is 0 Å². The molecule has 0 fully saturated rings. The van der Waals surface area contributed by atoms with Crippen LogP contribution in [-0.2, 0) is 28.6 Å². The zero-order valence-electron chi connectivity index (χ0n) is 50.9. The number of ether oxygens (including phenoxy) is 3. The van der Waals surface area contributed by atoms with E-state index in [4.69, 9.17) is 14.2 Å². The van der Waals surface area contributed by atoms with Crippen LogP contribution in [0.2, 0.25) is 0 Å². The van der Waals surface area contributed by atoms with Crippen molar-refractivity contribution in [3.05, 3.63) is 122 Å². The van der Waals surface area contributed by atoms with Crippen LogP contribution in [-0.4, -0.2) is 37.2 Å². The molecule has 0 bridgehead atoms. The van der Waals surface area contributed by atoms with Crippen molar-refractivity contribution in [2.75, 3.05) is 13.2 Å². The number of unbranched alkanes of at least 4 members (excludes halogenated alkanes) is 27. The summed E-state index contributed by atoms with van der Waals surface area (Å²) < 4.78 is 16.9. The number of hydrogen-bond acceptors (Lipinski definition) is 6. The molecule has 0 aromatic rings. The summed E-state index contributed by atoms with van der Waals surface area (Å²) in [5.74, 6) is -0.911. The molecule has 0 rings (SSSR count). The minimum atomic E-state index is -0.794. The lowest BCUT2D eigenvalue weighted by Gasteiger charge is -2.18. The minimum Gasteiger partial charge on any atom is -0.462 e. The van der Waals surface area contributed by atoms with Gasteiger partial charge in [0.15, 0.2) is 6.10 Å². The van der Waals surface area contributed by atoms with Gasteiger partial charge in [0.2, 0.25) is 0 Å². The second-order valence-corrected chi connectivity index (χ2v) is 21.3. The first-order valence-corrected chi connectivity index (χ1v) is 32.5. The molecule has 0 N–H and O–H groups in total. The molecule has 0 aliphatic rings. The maximum atomic E-state index is 12.9. The molecule has 78 heavy (non-hydrogen) atoms. The van der Waals surface area contributed by atoms with Gasteiger partial charge in [-0.25, -0.2) is 0 Å². The van der Waals surface area contributed by atoms with Crippen LogP contribution >= 0.6 is 0 Å². The Kier molecular flexibility index (Phi) is 61.8. The lowest BCUT2D eigenvalue weighted by atomic mass is 10.1. The summed E-state index contributed by atoms with van der Waals surface area (Å²) in [6.07, 6.45) is 90.6. The smallest absolute Gasteiger partial charge is 0.306 e. The van der Waals surface area contributed by atoms with Crippen molar-refractivity contribution in [3.8, 4) is 0 Å². The molecule has 6 heteroatoms. The van der Waals surface area contributed by atoms with E-state index in [0.29, 0.717) is 19.3 Å². The molecule has 0 saturated heterocycles. The molecular weight excluding hydrogens is 961 g/mol. The van der Waals surface area contributed by atoms with E-state index in [9.17, 15) is 14.4 Å². The summed E-state index contributed by atoms with van der Waals surface area (Å²) in [4.78, 5) is 38.3. The number of carbonyl (C=O) groups is 3. The van der Waals surface area contributed by atoms with Gasteiger partial charge in [-0.1, -0.05) is 264 Å². The largest absolute Gasteiger partial charge is 0.462 e. The van der Waals surface area contributed by atoms with Gasteiger partial charge in [-0.3, -0.25) is 14.4 Å². The molecule has 6 nitrogen and oxygen atoms in total. The van der Waals surface area contributed by atoms with Gasteiger partial charge >= 0.3 is 17.9 Å². The topological polar surface area (TPSA) is 78.9 Å². The van der Waals surface area contributed by atoms with E-state index >= 15 is 0 Å². The van der Waals surface area contributed by atoms with Crippen molar-refractivity contribution in [2.24, 2.45) is 0 Å². The maximum absolute atomic E-state index is 12.9. The van der Waals surface area contributed by atoms with E-state index in [0.717, 1.165) is 128 Å². The summed E-state index contributed by atoms with van der Waals surface area (Å²) in [7, 11) is 0. The number of hydrogen-bond donors (Lipinski definition) is 0. The molecule has 0 aliphatic carbocycles. The molecule has 0 aromatic heterocycles. The Morgan fingerprint density at radius 1 is 0.269 bits per heavy atom. The second kappa shape index (κ2) is 65.3. The number of esters is 3. The zero-order chi connectivity index (χ0) is 56.4. The normalized spacial score (nSPS) is 12.9. The molecule has 444 valence electrons.